The third kappa shape index (κ3) is 2.26. The second kappa shape index (κ2) is 4.61. The van der Waals surface area contributed by atoms with Crippen LogP contribution in [0.2, 0.25) is 0 Å². The Morgan fingerprint density at radius 1 is 1.42 bits per heavy atom. The second-order valence-corrected chi connectivity index (χ2v) is 7.08. The molecular formula is C13H16O5S. The van der Waals surface area contributed by atoms with Crippen molar-refractivity contribution >= 4 is 15.8 Å². The van der Waals surface area contributed by atoms with Crippen molar-refractivity contribution in [3.05, 3.63) is 29.8 Å². The molecule has 1 fully saturated rings. The lowest BCUT2D eigenvalue weighted by Gasteiger charge is -2.11. The van der Waals surface area contributed by atoms with Gasteiger partial charge in [-0.05, 0) is 25.5 Å². The number of sulfone groups is 1. The molecular weight excluding hydrogens is 268 g/mol. The van der Waals surface area contributed by atoms with Crippen molar-refractivity contribution < 1.29 is 23.1 Å². The van der Waals surface area contributed by atoms with Gasteiger partial charge in [-0.3, -0.25) is 4.79 Å². The summed E-state index contributed by atoms with van der Waals surface area (Å²) >= 11 is 0. The Kier molecular flexibility index (Phi) is 3.40. The minimum atomic E-state index is -3.62. The van der Waals surface area contributed by atoms with Crippen LogP contribution in [0.25, 0.3) is 0 Å². The molecule has 104 valence electrons. The lowest BCUT2D eigenvalue weighted by molar-refractivity contribution is -0.145. The van der Waals surface area contributed by atoms with Gasteiger partial charge in [-0.1, -0.05) is 17.7 Å². The Hall–Kier alpha value is -1.40. The molecule has 19 heavy (non-hydrogen) atoms. The molecule has 1 N–H and O–H groups in total. The fraction of sp³-hybridized carbons (Fsp3) is 0.462. The van der Waals surface area contributed by atoms with E-state index in [2.05, 4.69) is 0 Å². The zero-order valence-corrected chi connectivity index (χ0v) is 11.6. The van der Waals surface area contributed by atoms with E-state index >= 15 is 0 Å². The largest absolute Gasteiger partial charge is 0.481 e. The summed E-state index contributed by atoms with van der Waals surface area (Å²) in [6, 6.07) is 6.44. The minimum absolute atomic E-state index is 0.0852. The Morgan fingerprint density at radius 3 is 2.47 bits per heavy atom. The number of carboxylic acids is 1. The summed E-state index contributed by atoms with van der Waals surface area (Å²) in [4.78, 5) is 11.4. The van der Waals surface area contributed by atoms with Crippen molar-refractivity contribution in [2.75, 3.05) is 13.7 Å². The highest BCUT2D eigenvalue weighted by molar-refractivity contribution is 7.92. The van der Waals surface area contributed by atoms with Crippen molar-refractivity contribution in [2.24, 2.45) is 5.41 Å². The Balaban J connectivity index is 2.33. The first-order valence-corrected chi connectivity index (χ1v) is 7.42. The smallest absolute Gasteiger partial charge is 0.313 e. The molecule has 1 saturated carbocycles. The third-order valence-electron chi connectivity index (χ3n) is 3.56. The summed E-state index contributed by atoms with van der Waals surface area (Å²) in [5, 5.41) is 8.31. The van der Waals surface area contributed by atoms with E-state index in [-0.39, 0.29) is 17.9 Å². The van der Waals surface area contributed by atoms with Gasteiger partial charge in [0.15, 0.2) is 9.84 Å². The SMILES string of the molecule is COC[C@]1(C(=O)O)C[C@H]1S(=O)(=O)c1ccc(C)cc1. The van der Waals surface area contributed by atoms with Gasteiger partial charge in [0.25, 0.3) is 0 Å². The van der Waals surface area contributed by atoms with Crippen molar-refractivity contribution in [1.29, 1.82) is 0 Å². The lowest BCUT2D eigenvalue weighted by atomic mass is 10.1. The molecule has 0 saturated heterocycles. The number of ether oxygens (including phenoxy) is 1. The topological polar surface area (TPSA) is 80.7 Å². The van der Waals surface area contributed by atoms with E-state index in [0.29, 0.717) is 0 Å². The van der Waals surface area contributed by atoms with E-state index in [1.54, 1.807) is 12.1 Å². The zero-order chi connectivity index (χ0) is 14.3. The summed E-state index contributed by atoms with van der Waals surface area (Å²) in [6.45, 7) is 1.78. The van der Waals surface area contributed by atoms with Crippen LogP contribution < -0.4 is 0 Å². The molecule has 0 heterocycles. The van der Waals surface area contributed by atoms with Crippen LogP contribution in [0.1, 0.15) is 12.0 Å². The van der Waals surface area contributed by atoms with Gasteiger partial charge in [0.05, 0.1) is 16.8 Å². The monoisotopic (exact) mass is 284 g/mol. The zero-order valence-electron chi connectivity index (χ0n) is 10.8. The number of rotatable bonds is 5. The molecule has 1 aliphatic rings. The summed E-state index contributed by atoms with van der Waals surface area (Å²) in [6.07, 6.45) is 0.104. The molecule has 5 nitrogen and oxygen atoms in total. The van der Waals surface area contributed by atoms with Crippen LogP contribution in [0.4, 0.5) is 0 Å². The second-order valence-electron chi connectivity index (χ2n) is 4.95. The van der Waals surface area contributed by atoms with Gasteiger partial charge in [-0.15, -0.1) is 0 Å². The number of aliphatic carboxylic acids is 1. The highest BCUT2D eigenvalue weighted by Gasteiger charge is 2.67. The van der Waals surface area contributed by atoms with Crippen LogP contribution in [-0.4, -0.2) is 38.5 Å². The number of carboxylic acid groups (broad SMARTS) is 1. The molecule has 1 aromatic carbocycles. The third-order valence-corrected chi connectivity index (χ3v) is 5.85. The van der Waals surface area contributed by atoms with E-state index in [4.69, 9.17) is 4.74 Å². The van der Waals surface area contributed by atoms with E-state index in [1.807, 2.05) is 6.92 Å². The summed E-state index contributed by atoms with van der Waals surface area (Å²) < 4.78 is 29.6. The van der Waals surface area contributed by atoms with E-state index in [1.165, 1.54) is 19.2 Å². The average molecular weight is 284 g/mol. The molecule has 0 amide bonds. The molecule has 0 bridgehead atoms. The summed E-state index contributed by atoms with van der Waals surface area (Å²) in [5.74, 6) is -1.12. The Labute approximate surface area is 112 Å². The average Bonchev–Trinajstić information content (AvgIpc) is 3.07. The van der Waals surface area contributed by atoms with E-state index in [9.17, 15) is 18.3 Å². The van der Waals surface area contributed by atoms with Gasteiger partial charge in [0, 0.05) is 7.11 Å². The van der Waals surface area contributed by atoms with Crippen LogP contribution >= 0.6 is 0 Å². The van der Waals surface area contributed by atoms with Crippen molar-refractivity contribution in [1.82, 2.24) is 0 Å². The molecule has 0 spiro atoms. The summed E-state index contributed by atoms with van der Waals surface area (Å²) in [5.41, 5.74) is -0.338. The molecule has 0 aliphatic heterocycles. The van der Waals surface area contributed by atoms with Crippen molar-refractivity contribution in [2.45, 2.75) is 23.5 Å². The van der Waals surface area contributed by atoms with Gasteiger partial charge >= 0.3 is 5.97 Å². The predicted molar refractivity (Wildman–Crippen MR) is 68.7 cm³/mol. The van der Waals surface area contributed by atoms with Gasteiger partial charge in [-0.25, -0.2) is 8.42 Å². The molecule has 0 radical (unpaired) electrons. The fourth-order valence-electron chi connectivity index (χ4n) is 2.27. The molecule has 0 aromatic heterocycles. The maximum Gasteiger partial charge on any atom is 0.313 e. The van der Waals surface area contributed by atoms with Crippen LogP contribution in [-0.2, 0) is 19.4 Å². The number of hydrogen-bond acceptors (Lipinski definition) is 4. The summed E-state index contributed by atoms with van der Waals surface area (Å²) in [7, 11) is -2.24. The van der Waals surface area contributed by atoms with E-state index in [0.717, 1.165) is 5.56 Å². The van der Waals surface area contributed by atoms with Gasteiger partial charge in [-0.2, -0.15) is 0 Å². The van der Waals surface area contributed by atoms with Crippen LogP contribution in [0.15, 0.2) is 29.2 Å². The molecule has 0 unspecified atom stereocenters. The maximum absolute atomic E-state index is 12.4. The normalized spacial score (nSPS) is 26.1. The molecule has 2 rings (SSSR count). The van der Waals surface area contributed by atoms with Crippen LogP contribution in [0.5, 0.6) is 0 Å². The molecule has 1 aromatic rings. The number of aryl methyl sites for hydroxylation is 1. The number of methoxy groups -OCH3 is 1. The van der Waals surface area contributed by atoms with E-state index < -0.39 is 26.5 Å². The number of benzene rings is 1. The van der Waals surface area contributed by atoms with Gasteiger partial charge < -0.3 is 9.84 Å². The van der Waals surface area contributed by atoms with Gasteiger partial charge in [0.2, 0.25) is 0 Å². The number of carbonyl (C=O) groups is 1. The molecule has 6 heteroatoms. The highest BCUT2D eigenvalue weighted by Crippen LogP contribution is 2.53. The quantitative estimate of drug-likeness (QED) is 0.880. The highest BCUT2D eigenvalue weighted by atomic mass is 32.2. The minimum Gasteiger partial charge on any atom is -0.481 e. The predicted octanol–water partition coefficient (Wildman–Crippen LogP) is 1.26. The first-order chi connectivity index (χ1) is 8.84. The lowest BCUT2D eigenvalue weighted by Crippen LogP contribution is -2.28. The molecule has 2 atom stereocenters. The fourth-order valence-corrected chi connectivity index (χ4v) is 4.39. The Morgan fingerprint density at radius 2 is 2.00 bits per heavy atom. The standard InChI is InChI=1S/C13H16O5S/c1-9-3-5-10(6-4-9)19(16,17)11-7-13(11,8-18-2)12(14)15/h3-6,11H,7-8H2,1-2H3,(H,14,15)/t11-,13-/m1/s1. The Bertz CT molecular complexity index is 590. The van der Waals surface area contributed by atoms with Crippen molar-refractivity contribution in [3.63, 3.8) is 0 Å². The molecule has 1 aliphatic carbocycles. The number of hydrogen-bond donors (Lipinski definition) is 1. The maximum atomic E-state index is 12.4. The van der Waals surface area contributed by atoms with Crippen LogP contribution in [0, 0.1) is 12.3 Å². The first kappa shape index (κ1) is 14.0. The van der Waals surface area contributed by atoms with Crippen molar-refractivity contribution in [3.8, 4) is 0 Å². The first-order valence-electron chi connectivity index (χ1n) is 5.87. The van der Waals surface area contributed by atoms with Crippen LogP contribution in [0.3, 0.4) is 0 Å². The van der Waals surface area contributed by atoms with Gasteiger partial charge in [0.1, 0.15) is 5.41 Å².